The van der Waals surface area contributed by atoms with Crippen molar-refractivity contribution in [2.75, 3.05) is 13.6 Å². The molecule has 0 aliphatic carbocycles. The molecule has 21 heavy (non-hydrogen) atoms. The van der Waals surface area contributed by atoms with E-state index in [0.717, 1.165) is 31.4 Å². The van der Waals surface area contributed by atoms with Crippen LogP contribution >= 0.6 is 0 Å². The fraction of sp³-hybridized carbons (Fsp3) is 0.500. The fourth-order valence-electron chi connectivity index (χ4n) is 2.12. The zero-order chi connectivity index (χ0) is 15.7. The van der Waals surface area contributed by atoms with Gasteiger partial charge >= 0.3 is 5.97 Å². The van der Waals surface area contributed by atoms with Gasteiger partial charge in [-0.15, -0.1) is 0 Å². The second-order valence-electron chi connectivity index (χ2n) is 5.02. The Balaban J connectivity index is 2.79. The SMILES string of the molecule is CCCCC(NC(=O)c1ccccc1CCNC)C(=O)O. The average Bonchev–Trinajstić information content (AvgIpc) is 2.49. The van der Waals surface area contributed by atoms with Gasteiger partial charge < -0.3 is 15.7 Å². The topological polar surface area (TPSA) is 78.4 Å². The molecule has 1 atom stereocenters. The maximum Gasteiger partial charge on any atom is 0.326 e. The van der Waals surface area contributed by atoms with E-state index in [1.165, 1.54) is 0 Å². The molecule has 0 saturated heterocycles. The Morgan fingerprint density at radius 2 is 2.00 bits per heavy atom. The van der Waals surface area contributed by atoms with Crippen LogP contribution in [0.15, 0.2) is 24.3 Å². The lowest BCUT2D eigenvalue weighted by atomic mass is 10.0. The predicted octanol–water partition coefficient (Wildman–Crippen LogP) is 1.82. The number of aliphatic carboxylic acids is 1. The minimum absolute atomic E-state index is 0.315. The number of hydrogen-bond donors (Lipinski definition) is 3. The lowest BCUT2D eigenvalue weighted by Gasteiger charge is -2.16. The number of nitrogens with one attached hydrogen (secondary N) is 2. The highest BCUT2D eigenvalue weighted by Gasteiger charge is 2.21. The van der Waals surface area contributed by atoms with Gasteiger partial charge in [0.05, 0.1) is 0 Å². The van der Waals surface area contributed by atoms with Crippen LogP contribution < -0.4 is 10.6 Å². The minimum atomic E-state index is -0.982. The molecule has 0 radical (unpaired) electrons. The Hall–Kier alpha value is -1.88. The van der Waals surface area contributed by atoms with Crippen molar-refractivity contribution in [2.45, 2.75) is 38.6 Å². The normalized spacial score (nSPS) is 11.9. The quantitative estimate of drug-likeness (QED) is 0.649. The van der Waals surface area contributed by atoms with E-state index in [4.69, 9.17) is 0 Å². The van der Waals surface area contributed by atoms with E-state index < -0.39 is 12.0 Å². The van der Waals surface area contributed by atoms with Crippen molar-refractivity contribution in [2.24, 2.45) is 0 Å². The summed E-state index contributed by atoms with van der Waals surface area (Å²) in [6.45, 7) is 2.76. The van der Waals surface area contributed by atoms with Crippen LogP contribution in [0, 0.1) is 0 Å². The molecule has 0 saturated carbocycles. The number of carboxylic acid groups (broad SMARTS) is 1. The van der Waals surface area contributed by atoms with E-state index in [2.05, 4.69) is 10.6 Å². The number of carbonyl (C=O) groups excluding carboxylic acids is 1. The zero-order valence-corrected chi connectivity index (χ0v) is 12.7. The second kappa shape index (κ2) is 9.13. The van der Waals surface area contributed by atoms with Crippen LogP contribution in [0.2, 0.25) is 0 Å². The summed E-state index contributed by atoms with van der Waals surface area (Å²) in [5.74, 6) is -1.30. The van der Waals surface area contributed by atoms with Crippen LogP contribution in [-0.4, -0.2) is 36.6 Å². The number of amides is 1. The number of benzene rings is 1. The van der Waals surface area contributed by atoms with Gasteiger partial charge in [-0.3, -0.25) is 4.79 Å². The molecule has 3 N–H and O–H groups in total. The van der Waals surface area contributed by atoms with E-state index in [-0.39, 0.29) is 5.91 Å². The summed E-state index contributed by atoms with van der Waals surface area (Å²) in [5, 5.41) is 14.9. The van der Waals surface area contributed by atoms with Crippen molar-refractivity contribution in [3.8, 4) is 0 Å². The Bertz CT molecular complexity index is 474. The number of carbonyl (C=O) groups is 2. The van der Waals surface area contributed by atoms with E-state index in [9.17, 15) is 14.7 Å². The third-order valence-corrected chi connectivity index (χ3v) is 3.36. The number of likely N-dealkylation sites (N-methyl/N-ethyl adjacent to an activating group) is 1. The number of hydrogen-bond acceptors (Lipinski definition) is 3. The molecule has 0 bridgehead atoms. The Labute approximate surface area is 125 Å². The summed E-state index contributed by atoms with van der Waals surface area (Å²) in [5.41, 5.74) is 1.47. The average molecular weight is 292 g/mol. The van der Waals surface area contributed by atoms with Crippen LogP contribution in [0.25, 0.3) is 0 Å². The molecule has 1 rings (SSSR count). The lowest BCUT2D eigenvalue weighted by molar-refractivity contribution is -0.139. The van der Waals surface area contributed by atoms with E-state index >= 15 is 0 Å². The Kier molecular flexibility index (Phi) is 7.46. The first-order chi connectivity index (χ1) is 10.1. The molecule has 0 heterocycles. The van der Waals surface area contributed by atoms with Gasteiger partial charge in [0.15, 0.2) is 0 Å². The molecule has 0 fully saturated rings. The highest BCUT2D eigenvalue weighted by molar-refractivity contribution is 5.97. The van der Waals surface area contributed by atoms with Gasteiger partial charge in [0.2, 0.25) is 0 Å². The van der Waals surface area contributed by atoms with Gasteiger partial charge in [0.1, 0.15) is 6.04 Å². The molecule has 5 heteroatoms. The molecule has 0 aliphatic heterocycles. The third kappa shape index (κ3) is 5.55. The van der Waals surface area contributed by atoms with Crippen LogP contribution in [0.4, 0.5) is 0 Å². The molecule has 1 amide bonds. The van der Waals surface area contributed by atoms with Crippen LogP contribution in [0.3, 0.4) is 0 Å². The molecule has 0 aromatic heterocycles. The molecule has 0 aliphatic rings. The van der Waals surface area contributed by atoms with Gasteiger partial charge in [-0.25, -0.2) is 4.79 Å². The maximum atomic E-state index is 12.3. The summed E-state index contributed by atoms with van der Waals surface area (Å²) < 4.78 is 0. The van der Waals surface area contributed by atoms with E-state index in [1.54, 1.807) is 12.1 Å². The minimum Gasteiger partial charge on any atom is -0.480 e. The Morgan fingerprint density at radius 3 is 2.62 bits per heavy atom. The molecular formula is C16H24N2O3. The first-order valence-electron chi connectivity index (χ1n) is 7.36. The van der Waals surface area contributed by atoms with Crippen molar-refractivity contribution in [1.29, 1.82) is 0 Å². The van der Waals surface area contributed by atoms with Gasteiger partial charge in [-0.05, 0) is 38.1 Å². The number of rotatable bonds is 9. The largest absolute Gasteiger partial charge is 0.480 e. The van der Waals surface area contributed by atoms with Crippen LogP contribution in [0.5, 0.6) is 0 Å². The van der Waals surface area contributed by atoms with E-state index in [1.807, 2.05) is 26.1 Å². The first-order valence-corrected chi connectivity index (χ1v) is 7.36. The Morgan fingerprint density at radius 1 is 1.29 bits per heavy atom. The number of carboxylic acids is 1. The summed E-state index contributed by atoms with van der Waals surface area (Å²) in [6, 6.07) is 6.48. The monoisotopic (exact) mass is 292 g/mol. The molecule has 116 valence electrons. The molecule has 1 unspecified atom stereocenters. The van der Waals surface area contributed by atoms with Crippen molar-refractivity contribution >= 4 is 11.9 Å². The molecule has 0 spiro atoms. The van der Waals surface area contributed by atoms with Crippen LogP contribution in [0.1, 0.15) is 42.1 Å². The maximum absolute atomic E-state index is 12.3. The second-order valence-corrected chi connectivity index (χ2v) is 5.02. The highest BCUT2D eigenvalue weighted by atomic mass is 16.4. The van der Waals surface area contributed by atoms with Gasteiger partial charge in [-0.2, -0.15) is 0 Å². The molecule has 5 nitrogen and oxygen atoms in total. The molecule has 1 aromatic rings. The van der Waals surface area contributed by atoms with Gasteiger partial charge in [-0.1, -0.05) is 38.0 Å². The first kappa shape index (κ1) is 17.2. The third-order valence-electron chi connectivity index (χ3n) is 3.36. The standard InChI is InChI=1S/C16H24N2O3/c1-3-4-9-14(16(20)21)18-15(19)13-8-6-5-7-12(13)10-11-17-2/h5-8,14,17H,3-4,9-11H2,1-2H3,(H,18,19)(H,20,21). The zero-order valence-electron chi connectivity index (χ0n) is 12.7. The van der Waals surface area contributed by atoms with Crippen molar-refractivity contribution in [3.05, 3.63) is 35.4 Å². The summed E-state index contributed by atoms with van der Waals surface area (Å²) in [7, 11) is 1.86. The lowest BCUT2D eigenvalue weighted by Crippen LogP contribution is -2.41. The van der Waals surface area contributed by atoms with E-state index in [0.29, 0.717) is 12.0 Å². The molecule has 1 aromatic carbocycles. The highest BCUT2D eigenvalue weighted by Crippen LogP contribution is 2.11. The van der Waals surface area contributed by atoms with Gasteiger partial charge in [0, 0.05) is 5.56 Å². The number of unbranched alkanes of at least 4 members (excludes halogenated alkanes) is 1. The fourth-order valence-corrected chi connectivity index (χ4v) is 2.12. The summed E-state index contributed by atoms with van der Waals surface area (Å²) >= 11 is 0. The van der Waals surface area contributed by atoms with Crippen molar-refractivity contribution in [1.82, 2.24) is 10.6 Å². The molecular weight excluding hydrogens is 268 g/mol. The summed E-state index contributed by atoms with van der Waals surface area (Å²) in [6.07, 6.45) is 2.86. The van der Waals surface area contributed by atoms with Crippen molar-refractivity contribution < 1.29 is 14.7 Å². The van der Waals surface area contributed by atoms with Gasteiger partial charge in [0.25, 0.3) is 5.91 Å². The van der Waals surface area contributed by atoms with Crippen molar-refractivity contribution in [3.63, 3.8) is 0 Å². The summed E-state index contributed by atoms with van der Waals surface area (Å²) in [4.78, 5) is 23.5. The predicted molar refractivity (Wildman–Crippen MR) is 82.5 cm³/mol. The van der Waals surface area contributed by atoms with Crippen LogP contribution in [-0.2, 0) is 11.2 Å². The smallest absolute Gasteiger partial charge is 0.326 e.